The topological polar surface area (TPSA) is 41.1 Å². The van der Waals surface area contributed by atoms with Crippen LogP contribution < -0.4 is 10.2 Å². The molecule has 0 bridgehead atoms. The van der Waals surface area contributed by atoms with E-state index in [1.54, 1.807) is 11.3 Å². The standard InChI is InChI=1S/C15H20N4S/c1-11-15(20-10-18-11)9-19(2)14-5-6-16-7-12(14)8-17-13-3-4-13/h5-7,10,13,17H,3-4,8-9H2,1-2H3. The first-order valence-corrected chi connectivity index (χ1v) is 7.88. The van der Waals surface area contributed by atoms with Gasteiger partial charge in [-0.05, 0) is 25.8 Å². The van der Waals surface area contributed by atoms with Crippen molar-refractivity contribution in [1.29, 1.82) is 0 Å². The molecule has 0 aromatic carbocycles. The fraction of sp³-hybridized carbons (Fsp3) is 0.467. The summed E-state index contributed by atoms with van der Waals surface area (Å²) >= 11 is 1.72. The van der Waals surface area contributed by atoms with Crippen LogP contribution in [0.15, 0.2) is 24.0 Å². The number of rotatable bonds is 6. The summed E-state index contributed by atoms with van der Waals surface area (Å²) < 4.78 is 0. The van der Waals surface area contributed by atoms with E-state index in [9.17, 15) is 0 Å². The van der Waals surface area contributed by atoms with Crippen molar-refractivity contribution in [2.24, 2.45) is 0 Å². The van der Waals surface area contributed by atoms with Gasteiger partial charge in [0.2, 0.25) is 0 Å². The zero-order valence-electron chi connectivity index (χ0n) is 12.0. The molecule has 2 heterocycles. The normalized spacial score (nSPS) is 14.5. The number of nitrogens with one attached hydrogen (secondary N) is 1. The Balaban J connectivity index is 1.72. The van der Waals surface area contributed by atoms with Gasteiger partial charge in [0.1, 0.15) is 0 Å². The molecule has 2 aromatic rings. The zero-order chi connectivity index (χ0) is 13.9. The molecule has 1 fully saturated rings. The lowest BCUT2D eigenvalue weighted by molar-refractivity contribution is 0.683. The molecule has 0 atom stereocenters. The first kappa shape index (κ1) is 13.5. The predicted octanol–water partition coefficient (Wildman–Crippen LogP) is 2.73. The molecular formula is C15H20N4S. The fourth-order valence-electron chi connectivity index (χ4n) is 2.25. The van der Waals surface area contributed by atoms with Crippen molar-refractivity contribution in [1.82, 2.24) is 15.3 Å². The summed E-state index contributed by atoms with van der Waals surface area (Å²) in [7, 11) is 2.13. The smallest absolute Gasteiger partial charge is 0.0798 e. The Hall–Kier alpha value is -1.46. The molecule has 20 heavy (non-hydrogen) atoms. The molecule has 1 aliphatic carbocycles. The number of pyridine rings is 1. The van der Waals surface area contributed by atoms with Gasteiger partial charge in [0.05, 0.1) is 17.7 Å². The molecule has 1 N–H and O–H groups in total. The third-order valence-electron chi connectivity index (χ3n) is 3.67. The number of nitrogens with zero attached hydrogens (tertiary/aromatic N) is 3. The number of hydrogen-bond donors (Lipinski definition) is 1. The molecule has 1 aliphatic rings. The maximum atomic E-state index is 4.32. The van der Waals surface area contributed by atoms with Crippen LogP contribution in [0.1, 0.15) is 29.0 Å². The molecule has 1 saturated carbocycles. The van der Waals surface area contributed by atoms with Crippen LogP contribution in [0.25, 0.3) is 0 Å². The highest BCUT2D eigenvalue weighted by atomic mass is 32.1. The third-order valence-corrected chi connectivity index (χ3v) is 4.59. The molecule has 0 radical (unpaired) electrons. The maximum Gasteiger partial charge on any atom is 0.0798 e. The number of aryl methyl sites for hydroxylation is 1. The van der Waals surface area contributed by atoms with Crippen LogP contribution >= 0.6 is 11.3 Å². The molecule has 0 saturated heterocycles. The van der Waals surface area contributed by atoms with Gasteiger partial charge in [-0.2, -0.15) is 0 Å². The van der Waals surface area contributed by atoms with Gasteiger partial charge in [-0.15, -0.1) is 11.3 Å². The van der Waals surface area contributed by atoms with E-state index >= 15 is 0 Å². The van der Waals surface area contributed by atoms with Crippen LogP contribution in [0, 0.1) is 6.92 Å². The number of aromatic nitrogens is 2. The lowest BCUT2D eigenvalue weighted by Crippen LogP contribution is -2.21. The molecule has 5 heteroatoms. The van der Waals surface area contributed by atoms with E-state index < -0.39 is 0 Å². The second-order valence-electron chi connectivity index (χ2n) is 5.38. The van der Waals surface area contributed by atoms with E-state index in [-0.39, 0.29) is 0 Å². The molecule has 3 rings (SSSR count). The monoisotopic (exact) mass is 288 g/mol. The van der Waals surface area contributed by atoms with Crippen LogP contribution in [-0.4, -0.2) is 23.1 Å². The van der Waals surface area contributed by atoms with E-state index in [2.05, 4.69) is 40.2 Å². The van der Waals surface area contributed by atoms with Gasteiger partial charge >= 0.3 is 0 Å². The summed E-state index contributed by atoms with van der Waals surface area (Å²) in [6.07, 6.45) is 6.46. The van der Waals surface area contributed by atoms with E-state index in [1.165, 1.54) is 29.0 Å². The predicted molar refractivity (Wildman–Crippen MR) is 83.1 cm³/mol. The quantitative estimate of drug-likeness (QED) is 0.887. The first-order valence-electron chi connectivity index (χ1n) is 7.00. The van der Waals surface area contributed by atoms with E-state index in [0.29, 0.717) is 0 Å². The average molecular weight is 288 g/mol. The molecule has 0 aliphatic heterocycles. The summed E-state index contributed by atoms with van der Waals surface area (Å²) in [5, 5.41) is 3.56. The van der Waals surface area contributed by atoms with Crippen LogP contribution in [-0.2, 0) is 13.1 Å². The maximum absolute atomic E-state index is 4.32. The second-order valence-corrected chi connectivity index (χ2v) is 6.32. The Bertz CT molecular complexity index is 577. The Morgan fingerprint density at radius 1 is 1.45 bits per heavy atom. The molecule has 0 amide bonds. The SMILES string of the molecule is Cc1ncsc1CN(C)c1ccncc1CNC1CC1. The van der Waals surface area contributed by atoms with Crippen molar-refractivity contribution in [3.63, 3.8) is 0 Å². The summed E-state index contributed by atoms with van der Waals surface area (Å²) in [5.74, 6) is 0. The minimum Gasteiger partial charge on any atom is -0.369 e. The Morgan fingerprint density at radius 2 is 2.30 bits per heavy atom. The van der Waals surface area contributed by atoms with Gasteiger partial charge < -0.3 is 10.2 Å². The highest BCUT2D eigenvalue weighted by Gasteiger charge is 2.21. The van der Waals surface area contributed by atoms with Gasteiger partial charge in [0.25, 0.3) is 0 Å². The van der Waals surface area contributed by atoms with Crippen molar-refractivity contribution >= 4 is 17.0 Å². The van der Waals surface area contributed by atoms with Gasteiger partial charge in [-0.25, -0.2) is 4.98 Å². The van der Waals surface area contributed by atoms with Crippen LogP contribution in [0.5, 0.6) is 0 Å². The number of anilines is 1. The molecule has 106 valence electrons. The van der Waals surface area contributed by atoms with Crippen molar-refractivity contribution < 1.29 is 0 Å². The molecule has 0 unspecified atom stereocenters. The largest absolute Gasteiger partial charge is 0.369 e. The Kier molecular flexibility index (Phi) is 3.98. The summed E-state index contributed by atoms with van der Waals surface area (Å²) in [4.78, 5) is 12.2. The summed E-state index contributed by atoms with van der Waals surface area (Å²) in [6.45, 7) is 3.87. The zero-order valence-corrected chi connectivity index (χ0v) is 12.8. The van der Waals surface area contributed by atoms with E-state index in [0.717, 1.165) is 24.8 Å². The van der Waals surface area contributed by atoms with Crippen molar-refractivity contribution in [2.75, 3.05) is 11.9 Å². The van der Waals surface area contributed by atoms with E-state index in [4.69, 9.17) is 0 Å². The third kappa shape index (κ3) is 3.16. The van der Waals surface area contributed by atoms with Gasteiger partial charge in [0.15, 0.2) is 0 Å². The van der Waals surface area contributed by atoms with E-state index in [1.807, 2.05) is 17.9 Å². The van der Waals surface area contributed by atoms with Crippen LogP contribution in [0.4, 0.5) is 5.69 Å². The van der Waals surface area contributed by atoms with Gasteiger partial charge in [-0.3, -0.25) is 4.98 Å². The van der Waals surface area contributed by atoms with Crippen molar-refractivity contribution in [3.8, 4) is 0 Å². The lowest BCUT2D eigenvalue weighted by Gasteiger charge is -2.22. The highest BCUT2D eigenvalue weighted by Crippen LogP contribution is 2.24. The number of hydrogen-bond acceptors (Lipinski definition) is 5. The fourth-order valence-corrected chi connectivity index (χ4v) is 3.08. The molecular weight excluding hydrogens is 268 g/mol. The first-order chi connectivity index (χ1) is 9.74. The van der Waals surface area contributed by atoms with Gasteiger partial charge in [-0.1, -0.05) is 0 Å². The Labute approximate surface area is 123 Å². The lowest BCUT2D eigenvalue weighted by atomic mass is 10.2. The summed E-state index contributed by atoms with van der Waals surface area (Å²) in [6, 6.07) is 2.82. The highest BCUT2D eigenvalue weighted by molar-refractivity contribution is 7.09. The van der Waals surface area contributed by atoms with Crippen molar-refractivity contribution in [3.05, 3.63) is 40.1 Å². The Morgan fingerprint density at radius 3 is 3.00 bits per heavy atom. The van der Waals surface area contributed by atoms with Crippen LogP contribution in [0.3, 0.4) is 0 Å². The molecule has 2 aromatic heterocycles. The minimum atomic E-state index is 0.720. The average Bonchev–Trinajstić information content (AvgIpc) is 3.21. The van der Waals surface area contributed by atoms with Crippen molar-refractivity contribution in [2.45, 2.75) is 38.9 Å². The summed E-state index contributed by atoms with van der Waals surface area (Å²) in [5.41, 5.74) is 5.57. The number of thiazole rings is 1. The van der Waals surface area contributed by atoms with Crippen LogP contribution in [0.2, 0.25) is 0 Å². The second kappa shape index (κ2) is 5.89. The van der Waals surface area contributed by atoms with Gasteiger partial charge in [0, 0.05) is 48.2 Å². The minimum absolute atomic E-state index is 0.720. The molecule has 0 spiro atoms. The molecule has 4 nitrogen and oxygen atoms in total.